The molecular weight excluding hydrogens is 364 g/mol. The Balaban J connectivity index is 1.56. The van der Waals surface area contributed by atoms with Gasteiger partial charge in [0.05, 0.1) is 19.0 Å². The molecule has 1 saturated heterocycles. The molecule has 1 aliphatic rings. The molecule has 0 aliphatic carbocycles. The average Bonchev–Trinajstić information content (AvgIpc) is 3.02. The highest BCUT2D eigenvalue weighted by molar-refractivity contribution is 8.15. The minimum absolute atomic E-state index is 0.0238. The number of para-hydroxylation sites is 2. The number of hydrogen-bond acceptors (Lipinski definition) is 6. The van der Waals surface area contributed by atoms with E-state index in [2.05, 4.69) is 20.8 Å². The van der Waals surface area contributed by atoms with Crippen molar-refractivity contribution in [2.45, 2.75) is 11.7 Å². The molecule has 27 heavy (non-hydrogen) atoms. The third kappa shape index (κ3) is 5.18. The van der Waals surface area contributed by atoms with Gasteiger partial charge in [-0.05, 0) is 17.7 Å². The van der Waals surface area contributed by atoms with Gasteiger partial charge in [0.2, 0.25) is 11.8 Å². The second-order valence-electron chi connectivity index (χ2n) is 5.61. The van der Waals surface area contributed by atoms with E-state index in [0.717, 1.165) is 5.56 Å². The highest BCUT2D eigenvalue weighted by atomic mass is 32.2. The first-order chi connectivity index (χ1) is 13.2. The minimum atomic E-state index is -0.551. The van der Waals surface area contributed by atoms with E-state index in [0.29, 0.717) is 16.6 Å². The molecule has 2 N–H and O–H groups in total. The SMILES string of the molecule is COc1ccccc1NC(=O)C[C@@H]1S/C(=N\N=C/c2ccccc2)NC1=O. The number of benzene rings is 2. The number of thioether (sulfide) groups is 1. The highest BCUT2D eigenvalue weighted by Crippen LogP contribution is 2.26. The monoisotopic (exact) mass is 382 g/mol. The molecule has 3 rings (SSSR count). The van der Waals surface area contributed by atoms with Crippen LogP contribution in [0.5, 0.6) is 5.75 Å². The fourth-order valence-electron chi connectivity index (χ4n) is 2.39. The van der Waals surface area contributed by atoms with E-state index in [9.17, 15) is 9.59 Å². The van der Waals surface area contributed by atoms with Gasteiger partial charge in [0, 0.05) is 6.42 Å². The van der Waals surface area contributed by atoms with E-state index in [1.54, 1.807) is 24.4 Å². The van der Waals surface area contributed by atoms with Gasteiger partial charge >= 0.3 is 0 Å². The minimum Gasteiger partial charge on any atom is -0.495 e. The molecule has 0 bridgehead atoms. The van der Waals surface area contributed by atoms with E-state index in [4.69, 9.17) is 4.74 Å². The molecule has 138 valence electrons. The van der Waals surface area contributed by atoms with Gasteiger partial charge in [0.1, 0.15) is 11.0 Å². The van der Waals surface area contributed by atoms with Gasteiger partial charge in [-0.25, -0.2) is 0 Å². The van der Waals surface area contributed by atoms with E-state index in [-0.39, 0.29) is 18.2 Å². The average molecular weight is 382 g/mol. The first-order valence-corrected chi connectivity index (χ1v) is 9.10. The van der Waals surface area contributed by atoms with Crippen LogP contribution in [0.25, 0.3) is 0 Å². The number of amides is 2. The summed E-state index contributed by atoms with van der Waals surface area (Å²) in [7, 11) is 1.53. The topological polar surface area (TPSA) is 92.2 Å². The van der Waals surface area contributed by atoms with E-state index < -0.39 is 5.25 Å². The fraction of sp³-hybridized carbons (Fsp3) is 0.158. The summed E-state index contributed by atoms with van der Waals surface area (Å²) in [6, 6.07) is 16.6. The largest absolute Gasteiger partial charge is 0.495 e. The Morgan fingerprint density at radius 2 is 1.96 bits per heavy atom. The van der Waals surface area contributed by atoms with Gasteiger partial charge in [0.15, 0.2) is 5.17 Å². The summed E-state index contributed by atoms with van der Waals surface area (Å²) >= 11 is 1.19. The van der Waals surface area contributed by atoms with Gasteiger partial charge in [-0.3, -0.25) is 9.59 Å². The molecule has 2 amide bonds. The zero-order chi connectivity index (χ0) is 19.1. The number of rotatable bonds is 6. The number of amidine groups is 1. The van der Waals surface area contributed by atoms with Gasteiger partial charge < -0.3 is 15.4 Å². The van der Waals surface area contributed by atoms with Gasteiger partial charge in [0.25, 0.3) is 0 Å². The van der Waals surface area contributed by atoms with Gasteiger partial charge in [-0.2, -0.15) is 5.10 Å². The second-order valence-corrected chi connectivity index (χ2v) is 6.80. The van der Waals surface area contributed by atoms with Crippen LogP contribution in [0.4, 0.5) is 5.69 Å². The number of hydrogen-bond donors (Lipinski definition) is 2. The maximum Gasteiger partial charge on any atom is 0.240 e. The van der Waals surface area contributed by atoms with Crippen LogP contribution in [-0.4, -0.2) is 35.6 Å². The zero-order valence-corrected chi connectivity index (χ0v) is 15.4. The predicted molar refractivity (Wildman–Crippen MR) is 107 cm³/mol. The lowest BCUT2D eigenvalue weighted by Crippen LogP contribution is -2.28. The summed E-state index contributed by atoms with van der Waals surface area (Å²) in [6.07, 6.45) is 1.62. The Kier molecular flexibility index (Phi) is 6.22. The maximum absolute atomic E-state index is 12.3. The zero-order valence-electron chi connectivity index (χ0n) is 14.6. The summed E-state index contributed by atoms with van der Waals surface area (Å²) in [6.45, 7) is 0. The van der Waals surface area contributed by atoms with Crippen LogP contribution in [0.15, 0.2) is 64.8 Å². The summed E-state index contributed by atoms with van der Waals surface area (Å²) in [5.74, 6) is 0.0249. The Morgan fingerprint density at radius 3 is 2.74 bits per heavy atom. The molecule has 1 atom stereocenters. The van der Waals surface area contributed by atoms with Crippen LogP contribution in [0.1, 0.15) is 12.0 Å². The number of anilines is 1. The van der Waals surface area contributed by atoms with Crippen LogP contribution in [-0.2, 0) is 9.59 Å². The lowest BCUT2D eigenvalue weighted by Gasteiger charge is -2.10. The summed E-state index contributed by atoms with van der Waals surface area (Å²) < 4.78 is 5.20. The van der Waals surface area contributed by atoms with Crippen molar-refractivity contribution >= 4 is 40.6 Å². The summed E-state index contributed by atoms with van der Waals surface area (Å²) in [5.41, 5.74) is 1.47. The van der Waals surface area contributed by atoms with Crippen LogP contribution < -0.4 is 15.4 Å². The van der Waals surface area contributed by atoms with E-state index in [1.807, 2.05) is 36.4 Å². The molecule has 0 radical (unpaired) electrons. The van der Waals surface area contributed by atoms with Crippen molar-refractivity contribution in [1.82, 2.24) is 5.32 Å². The molecule has 0 saturated carbocycles. The normalized spacial score (nSPS) is 17.9. The standard InChI is InChI=1S/C19H18N4O3S/c1-26-15-10-6-5-9-14(15)21-17(24)11-16-18(25)22-19(27-16)23-20-12-13-7-3-2-4-8-13/h2-10,12,16H,11H2,1H3,(H,21,24)(H,22,23,25)/b20-12-/t16-/m0/s1. The van der Waals surface area contributed by atoms with Crippen molar-refractivity contribution in [3.8, 4) is 5.75 Å². The highest BCUT2D eigenvalue weighted by Gasteiger charge is 2.32. The van der Waals surface area contributed by atoms with E-state index >= 15 is 0 Å². The van der Waals surface area contributed by atoms with Crippen molar-refractivity contribution in [2.24, 2.45) is 10.2 Å². The van der Waals surface area contributed by atoms with Gasteiger partial charge in [-0.1, -0.05) is 54.2 Å². The molecule has 7 nitrogen and oxygen atoms in total. The number of nitrogens with one attached hydrogen (secondary N) is 2. The lowest BCUT2D eigenvalue weighted by molar-refractivity contribution is -0.122. The fourth-order valence-corrected chi connectivity index (χ4v) is 3.32. The smallest absolute Gasteiger partial charge is 0.240 e. The molecule has 0 unspecified atom stereocenters. The molecule has 2 aromatic carbocycles. The number of carbonyl (C=O) groups is 2. The van der Waals surface area contributed by atoms with Crippen LogP contribution in [0.3, 0.4) is 0 Å². The maximum atomic E-state index is 12.3. The predicted octanol–water partition coefficient (Wildman–Crippen LogP) is 2.65. The Labute approximate surface area is 160 Å². The van der Waals surface area contributed by atoms with Crippen molar-refractivity contribution < 1.29 is 14.3 Å². The lowest BCUT2D eigenvalue weighted by atomic mass is 10.2. The second kappa shape index (κ2) is 9.00. The third-order valence-corrected chi connectivity index (χ3v) is 4.76. The molecule has 1 heterocycles. The van der Waals surface area contributed by atoms with Crippen molar-refractivity contribution in [2.75, 3.05) is 12.4 Å². The van der Waals surface area contributed by atoms with Crippen LogP contribution in [0, 0.1) is 0 Å². The Bertz CT molecular complexity index is 884. The molecule has 2 aromatic rings. The third-order valence-electron chi connectivity index (χ3n) is 3.68. The molecular formula is C19H18N4O3S. The molecule has 0 aromatic heterocycles. The van der Waals surface area contributed by atoms with Crippen molar-refractivity contribution in [1.29, 1.82) is 0 Å². The first-order valence-electron chi connectivity index (χ1n) is 8.22. The summed E-state index contributed by atoms with van der Waals surface area (Å²) in [4.78, 5) is 24.3. The number of methoxy groups -OCH3 is 1. The van der Waals surface area contributed by atoms with E-state index in [1.165, 1.54) is 18.9 Å². The quantitative estimate of drug-likeness (QED) is 0.593. The summed E-state index contributed by atoms with van der Waals surface area (Å²) in [5, 5.41) is 13.2. The molecule has 0 spiro atoms. The Morgan fingerprint density at radius 1 is 1.22 bits per heavy atom. The molecule has 1 fully saturated rings. The van der Waals surface area contributed by atoms with Crippen molar-refractivity contribution in [3.05, 3.63) is 60.2 Å². The number of nitrogens with zero attached hydrogens (tertiary/aromatic N) is 2. The molecule has 1 aliphatic heterocycles. The first kappa shape index (κ1) is 18.7. The van der Waals surface area contributed by atoms with Crippen LogP contribution >= 0.6 is 11.8 Å². The Hall–Kier alpha value is -3.13. The number of ether oxygens (including phenoxy) is 1. The molecule has 8 heteroatoms. The van der Waals surface area contributed by atoms with Gasteiger partial charge in [-0.15, -0.1) is 5.10 Å². The number of carbonyl (C=O) groups excluding carboxylic acids is 2. The van der Waals surface area contributed by atoms with Crippen molar-refractivity contribution in [3.63, 3.8) is 0 Å². The van der Waals surface area contributed by atoms with Crippen LogP contribution in [0.2, 0.25) is 0 Å².